The van der Waals surface area contributed by atoms with Crippen LogP contribution in [-0.4, -0.2) is 57.8 Å². The Hall–Kier alpha value is -2.42. The van der Waals surface area contributed by atoms with E-state index in [1.165, 1.54) is 58.2 Å². The molecule has 0 unspecified atom stereocenters. The van der Waals surface area contributed by atoms with Gasteiger partial charge in [0.2, 0.25) is 10.0 Å². The van der Waals surface area contributed by atoms with Crippen LogP contribution in [0.4, 0.5) is 0 Å². The maximum absolute atomic E-state index is 12.6. The molecule has 0 aliphatic carbocycles. The van der Waals surface area contributed by atoms with Gasteiger partial charge in [-0.1, -0.05) is 30.7 Å². The summed E-state index contributed by atoms with van der Waals surface area (Å²) in [5.41, 5.74) is 2.53. The molecule has 168 valence electrons. The summed E-state index contributed by atoms with van der Waals surface area (Å²) in [6.07, 6.45) is 3.87. The number of hydrogen-bond donors (Lipinski definition) is 1. The van der Waals surface area contributed by atoms with E-state index >= 15 is 0 Å². The molecule has 8 heteroatoms. The summed E-state index contributed by atoms with van der Waals surface area (Å²) in [5, 5.41) is 2.86. The SMILES string of the molecule is COc1ccc(C(=O)NCc2ccc(CN3CCCCC3)cc2)cc1S(=O)(=O)N(C)C. The van der Waals surface area contributed by atoms with Crippen molar-refractivity contribution in [1.29, 1.82) is 0 Å². The van der Waals surface area contributed by atoms with Crippen LogP contribution in [0.5, 0.6) is 5.75 Å². The van der Waals surface area contributed by atoms with Gasteiger partial charge >= 0.3 is 0 Å². The summed E-state index contributed by atoms with van der Waals surface area (Å²) in [5.74, 6) is -0.134. The van der Waals surface area contributed by atoms with Gasteiger partial charge in [-0.2, -0.15) is 0 Å². The highest BCUT2D eigenvalue weighted by Crippen LogP contribution is 2.27. The molecule has 31 heavy (non-hydrogen) atoms. The largest absolute Gasteiger partial charge is 0.495 e. The summed E-state index contributed by atoms with van der Waals surface area (Å²) in [6, 6.07) is 12.7. The Morgan fingerprint density at radius 1 is 1.03 bits per heavy atom. The third-order valence-corrected chi connectivity index (χ3v) is 7.35. The second-order valence-corrected chi connectivity index (χ2v) is 10.1. The fraction of sp³-hybridized carbons (Fsp3) is 0.435. The van der Waals surface area contributed by atoms with Gasteiger partial charge in [0.15, 0.2) is 0 Å². The fourth-order valence-electron chi connectivity index (χ4n) is 3.64. The van der Waals surface area contributed by atoms with Crippen molar-refractivity contribution in [2.24, 2.45) is 0 Å². The Kier molecular flexibility index (Phi) is 7.69. The number of hydrogen-bond acceptors (Lipinski definition) is 5. The number of methoxy groups -OCH3 is 1. The van der Waals surface area contributed by atoms with Crippen molar-refractivity contribution >= 4 is 15.9 Å². The number of carbonyl (C=O) groups is 1. The van der Waals surface area contributed by atoms with E-state index in [1.807, 2.05) is 12.1 Å². The molecule has 1 aliphatic rings. The molecule has 1 heterocycles. The van der Waals surface area contributed by atoms with E-state index in [9.17, 15) is 13.2 Å². The standard InChI is InChI=1S/C23H31N3O4S/c1-25(2)31(28,29)22-15-20(11-12-21(22)30-3)23(27)24-16-18-7-9-19(10-8-18)17-26-13-5-4-6-14-26/h7-12,15H,4-6,13-14,16-17H2,1-3H3,(H,24,27). The van der Waals surface area contributed by atoms with E-state index in [0.29, 0.717) is 6.54 Å². The molecule has 3 rings (SSSR count). The topological polar surface area (TPSA) is 79.0 Å². The first-order chi connectivity index (χ1) is 14.8. The minimum Gasteiger partial charge on any atom is -0.495 e. The number of carbonyl (C=O) groups excluding carboxylic acids is 1. The van der Waals surface area contributed by atoms with Crippen molar-refractivity contribution in [1.82, 2.24) is 14.5 Å². The second-order valence-electron chi connectivity index (χ2n) is 7.99. The van der Waals surface area contributed by atoms with Gasteiger partial charge in [0, 0.05) is 32.7 Å². The summed E-state index contributed by atoms with van der Waals surface area (Å²) in [7, 11) is 0.548. The van der Waals surface area contributed by atoms with Crippen molar-refractivity contribution in [2.75, 3.05) is 34.3 Å². The molecular weight excluding hydrogens is 414 g/mol. The molecule has 1 fully saturated rings. The maximum Gasteiger partial charge on any atom is 0.251 e. The average molecular weight is 446 g/mol. The highest BCUT2D eigenvalue weighted by atomic mass is 32.2. The van der Waals surface area contributed by atoms with E-state index in [2.05, 4.69) is 22.3 Å². The molecule has 0 bridgehead atoms. The van der Waals surface area contributed by atoms with Crippen molar-refractivity contribution in [3.63, 3.8) is 0 Å². The molecule has 0 spiro atoms. The predicted octanol–water partition coefficient (Wildman–Crippen LogP) is 2.86. The Morgan fingerprint density at radius 2 is 1.68 bits per heavy atom. The molecule has 0 radical (unpaired) electrons. The van der Waals surface area contributed by atoms with E-state index in [-0.39, 0.29) is 22.1 Å². The van der Waals surface area contributed by atoms with Gasteiger partial charge < -0.3 is 10.1 Å². The van der Waals surface area contributed by atoms with Gasteiger partial charge in [-0.25, -0.2) is 12.7 Å². The van der Waals surface area contributed by atoms with Crippen LogP contribution >= 0.6 is 0 Å². The molecule has 2 aromatic carbocycles. The second kappa shape index (κ2) is 10.3. The van der Waals surface area contributed by atoms with E-state index in [1.54, 1.807) is 6.07 Å². The molecule has 1 saturated heterocycles. The predicted molar refractivity (Wildman–Crippen MR) is 121 cm³/mol. The first-order valence-electron chi connectivity index (χ1n) is 10.5. The van der Waals surface area contributed by atoms with Gasteiger partial charge in [0.25, 0.3) is 5.91 Å². The van der Waals surface area contributed by atoms with Crippen LogP contribution in [0.15, 0.2) is 47.4 Å². The van der Waals surface area contributed by atoms with E-state index in [0.717, 1.165) is 29.5 Å². The quantitative estimate of drug-likeness (QED) is 0.676. The van der Waals surface area contributed by atoms with Gasteiger partial charge in [-0.05, 0) is 55.3 Å². The third-order valence-electron chi connectivity index (χ3n) is 5.52. The number of likely N-dealkylation sites (tertiary alicyclic amines) is 1. The Balaban J connectivity index is 1.64. The lowest BCUT2D eigenvalue weighted by molar-refractivity contribution is 0.0950. The number of sulfonamides is 1. The van der Waals surface area contributed by atoms with Crippen LogP contribution in [0, 0.1) is 0 Å². The van der Waals surface area contributed by atoms with Crippen LogP contribution in [0.3, 0.4) is 0 Å². The molecule has 7 nitrogen and oxygen atoms in total. The number of benzene rings is 2. The summed E-state index contributed by atoms with van der Waals surface area (Å²) < 4.78 is 31.4. The monoisotopic (exact) mass is 445 g/mol. The highest BCUT2D eigenvalue weighted by Gasteiger charge is 2.23. The Morgan fingerprint density at radius 3 is 2.29 bits per heavy atom. The molecule has 0 aromatic heterocycles. The minimum atomic E-state index is -3.74. The van der Waals surface area contributed by atoms with Gasteiger partial charge in [-0.3, -0.25) is 9.69 Å². The van der Waals surface area contributed by atoms with Crippen molar-refractivity contribution < 1.29 is 17.9 Å². The number of rotatable bonds is 8. The normalized spacial score (nSPS) is 15.1. The number of piperidine rings is 1. The zero-order valence-corrected chi connectivity index (χ0v) is 19.2. The lowest BCUT2D eigenvalue weighted by atomic mass is 10.1. The summed E-state index contributed by atoms with van der Waals surface area (Å²) in [6.45, 7) is 3.64. The van der Waals surface area contributed by atoms with Crippen LogP contribution in [0.1, 0.15) is 40.7 Å². The number of ether oxygens (including phenoxy) is 1. The zero-order chi connectivity index (χ0) is 22.4. The Bertz CT molecular complexity index is 998. The molecule has 2 aromatic rings. The van der Waals surface area contributed by atoms with Gasteiger partial charge in [-0.15, -0.1) is 0 Å². The Labute approximate surface area is 185 Å². The molecule has 1 amide bonds. The first kappa shape index (κ1) is 23.2. The molecule has 0 atom stereocenters. The van der Waals surface area contributed by atoms with E-state index in [4.69, 9.17) is 4.74 Å². The third kappa shape index (κ3) is 5.84. The number of amides is 1. The van der Waals surface area contributed by atoms with Crippen molar-refractivity contribution in [2.45, 2.75) is 37.2 Å². The van der Waals surface area contributed by atoms with Gasteiger partial charge in [0.1, 0.15) is 10.6 Å². The summed E-state index contributed by atoms with van der Waals surface area (Å²) in [4.78, 5) is 15.1. The van der Waals surface area contributed by atoms with Crippen LogP contribution in [0.2, 0.25) is 0 Å². The van der Waals surface area contributed by atoms with Crippen LogP contribution in [-0.2, 0) is 23.1 Å². The highest BCUT2D eigenvalue weighted by molar-refractivity contribution is 7.89. The van der Waals surface area contributed by atoms with Crippen LogP contribution < -0.4 is 10.1 Å². The lowest BCUT2D eigenvalue weighted by Crippen LogP contribution is -2.29. The lowest BCUT2D eigenvalue weighted by Gasteiger charge is -2.26. The van der Waals surface area contributed by atoms with Crippen molar-refractivity contribution in [3.05, 3.63) is 59.2 Å². The minimum absolute atomic E-state index is 0.0327. The maximum atomic E-state index is 12.6. The van der Waals surface area contributed by atoms with Gasteiger partial charge in [0.05, 0.1) is 7.11 Å². The fourth-order valence-corrected chi connectivity index (χ4v) is 4.71. The molecule has 1 aliphatic heterocycles. The molecular formula is C23H31N3O4S. The molecule has 1 N–H and O–H groups in total. The zero-order valence-electron chi connectivity index (χ0n) is 18.4. The number of nitrogens with zero attached hydrogens (tertiary/aromatic N) is 2. The first-order valence-corrected chi connectivity index (χ1v) is 11.9. The number of nitrogens with one attached hydrogen (secondary N) is 1. The van der Waals surface area contributed by atoms with Crippen molar-refractivity contribution in [3.8, 4) is 5.75 Å². The average Bonchev–Trinajstić information content (AvgIpc) is 2.78. The van der Waals surface area contributed by atoms with Crippen LogP contribution in [0.25, 0.3) is 0 Å². The van der Waals surface area contributed by atoms with E-state index < -0.39 is 10.0 Å². The molecule has 0 saturated carbocycles. The smallest absolute Gasteiger partial charge is 0.251 e. The summed E-state index contributed by atoms with van der Waals surface area (Å²) >= 11 is 0.